The van der Waals surface area contributed by atoms with Crippen LogP contribution >= 0.6 is 15.9 Å². The third kappa shape index (κ3) is 3.08. The van der Waals surface area contributed by atoms with Gasteiger partial charge >= 0.3 is 0 Å². The van der Waals surface area contributed by atoms with E-state index in [2.05, 4.69) is 20.9 Å². The molecule has 0 radical (unpaired) electrons. The lowest BCUT2D eigenvalue weighted by Gasteiger charge is -2.20. The van der Waals surface area contributed by atoms with Gasteiger partial charge in [-0.3, -0.25) is 9.30 Å². The van der Waals surface area contributed by atoms with E-state index >= 15 is 0 Å². The van der Waals surface area contributed by atoms with E-state index in [1.54, 1.807) is 24.3 Å². The molecule has 0 N–H and O–H groups in total. The quantitative estimate of drug-likeness (QED) is 0.820. The van der Waals surface area contributed by atoms with E-state index in [1.807, 2.05) is 30.3 Å². The lowest BCUT2D eigenvalue weighted by molar-refractivity contribution is 0.535. The van der Waals surface area contributed by atoms with Crippen LogP contribution in [-0.4, -0.2) is 31.6 Å². The van der Waals surface area contributed by atoms with Crippen molar-refractivity contribution >= 4 is 31.8 Å². The predicted molar refractivity (Wildman–Crippen MR) is 90.5 cm³/mol. The van der Waals surface area contributed by atoms with E-state index in [0.717, 1.165) is 10.0 Å². The zero-order valence-electron chi connectivity index (χ0n) is 11.8. The topological polar surface area (TPSA) is 49.7 Å². The highest BCUT2D eigenvalue weighted by Gasteiger charge is 2.30. The molecule has 0 amide bonds. The van der Waals surface area contributed by atoms with E-state index in [-0.39, 0.29) is 0 Å². The molecular formula is C16H15BrN2O2S. The van der Waals surface area contributed by atoms with Gasteiger partial charge in [0.05, 0.1) is 18.0 Å². The molecular weight excluding hydrogens is 364 g/mol. The minimum absolute atomic E-state index is 0.290. The summed E-state index contributed by atoms with van der Waals surface area (Å²) in [7, 11) is -3.54. The molecule has 1 heterocycles. The number of hydrogen-bond acceptors (Lipinski definition) is 3. The molecule has 3 rings (SSSR count). The Bertz CT molecular complexity index is 787. The molecule has 6 heteroatoms. The normalized spacial score (nSPS) is 15.0. The van der Waals surface area contributed by atoms with Crippen LogP contribution in [0.25, 0.3) is 0 Å². The minimum Gasteiger partial charge on any atom is -0.269 e. The van der Waals surface area contributed by atoms with Crippen molar-refractivity contribution in [3.63, 3.8) is 0 Å². The first-order valence-corrected chi connectivity index (χ1v) is 9.16. The van der Waals surface area contributed by atoms with E-state index in [4.69, 9.17) is 0 Å². The molecule has 0 fully saturated rings. The Labute approximate surface area is 138 Å². The van der Waals surface area contributed by atoms with Gasteiger partial charge in [-0.2, -0.15) is 0 Å². The second-order valence-corrected chi connectivity index (χ2v) is 7.77. The van der Waals surface area contributed by atoms with Gasteiger partial charge in [-0.05, 0) is 29.8 Å². The highest BCUT2D eigenvalue weighted by atomic mass is 79.9. The molecule has 114 valence electrons. The van der Waals surface area contributed by atoms with Crippen molar-refractivity contribution in [1.29, 1.82) is 0 Å². The van der Waals surface area contributed by atoms with Crippen molar-refractivity contribution in [2.75, 3.05) is 13.1 Å². The van der Waals surface area contributed by atoms with Crippen LogP contribution in [0.3, 0.4) is 0 Å². The van der Waals surface area contributed by atoms with Gasteiger partial charge in [0, 0.05) is 10.9 Å². The average molecular weight is 379 g/mol. The van der Waals surface area contributed by atoms with Crippen LogP contribution in [0.5, 0.6) is 0 Å². The summed E-state index contributed by atoms with van der Waals surface area (Å²) >= 11 is 3.32. The van der Waals surface area contributed by atoms with Gasteiger partial charge < -0.3 is 0 Å². The van der Waals surface area contributed by atoms with Crippen molar-refractivity contribution in [3.05, 3.63) is 64.6 Å². The van der Waals surface area contributed by atoms with Crippen LogP contribution in [-0.2, 0) is 16.4 Å². The Hall–Kier alpha value is -1.66. The van der Waals surface area contributed by atoms with Crippen molar-refractivity contribution in [3.8, 4) is 0 Å². The fourth-order valence-corrected chi connectivity index (χ4v) is 4.11. The highest BCUT2D eigenvalue weighted by molar-refractivity contribution is 9.10. The number of benzene rings is 2. The van der Waals surface area contributed by atoms with Gasteiger partial charge in [0.1, 0.15) is 5.84 Å². The smallest absolute Gasteiger partial charge is 0.265 e. The van der Waals surface area contributed by atoms with E-state index in [9.17, 15) is 8.42 Å². The van der Waals surface area contributed by atoms with Gasteiger partial charge in [-0.1, -0.05) is 46.3 Å². The van der Waals surface area contributed by atoms with Crippen LogP contribution in [0.15, 0.2) is 69.0 Å². The van der Waals surface area contributed by atoms with Crippen LogP contribution < -0.4 is 0 Å². The van der Waals surface area contributed by atoms with Gasteiger partial charge in [-0.15, -0.1) is 0 Å². The van der Waals surface area contributed by atoms with Crippen molar-refractivity contribution < 1.29 is 8.42 Å². The molecule has 0 saturated carbocycles. The monoisotopic (exact) mass is 378 g/mol. The maximum absolute atomic E-state index is 12.8. The summed E-state index contributed by atoms with van der Waals surface area (Å²) in [5, 5.41) is 0. The first-order valence-electron chi connectivity index (χ1n) is 6.93. The van der Waals surface area contributed by atoms with E-state index in [0.29, 0.717) is 30.2 Å². The molecule has 0 atom stereocenters. The molecule has 0 aliphatic carbocycles. The van der Waals surface area contributed by atoms with Gasteiger partial charge in [0.25, 0.3) is 10.0 Å². The SMILES string of the molecule is O=S(=O)(c1ccc(Br)cc1)N1CCN=C1Cc1ccccc1. The second-order valence-electron chi connectivity index (χ2n) is 4.99. The van der Waals surface area contributed by atoms with Crippen molar-refractivity contribution in [1.82, 2.24) is 4.31 Å². The summed E-state index contributed by atoms with van der Waals surface area (Å²) < 4.78 is 27.8. The number of nitrogens with zero attached hydrogens (tertiary/aromatic N) is 2. The molecule has 22 heavy (non-hydrogen) atoms. The molecule has 0 bridgehead atoms. The lowest BCUT2D eigenvalue weighted by Crippen LogP contribution is -2.35. The summed E-state index contributed by atoms with van der Waals surface area (Å²) in [6, 6.07) is 16.5. The summed E-state index contributed by atoms with van der Waals surface area (Å²) in [5.74, 6) is 0.606. The Balaban J connectivity index is 1.87. The summed E-state index contributed by atoms with van der Waals surface area (Å²) in [6.07, 6.45) is 0.524. The van der Waals surface area contributed by atoms with Crippen LogP contribution in [0.1, 0.15) is 5.56 Å². The largest absolute Gasteiger partial charge is 0.269 e. The fraction of sp³-hybridized carbons (Fsp3) is 0.188. The van der Waals surface area contributed by atoms with Gasteiger partial charge in [0.2, 0.25) is 0 Å². The lowest BCUT2D eigenvalue weighted by atomic mass is 10.1. The Morgan fingerprint density at radius 3 is 2.41 bits per heavy atom. The number of sulfonamides is 1. The maximum Gasteiger partial charge on any atom is 0.265 e. The standard InChI is InChI=1S/C16H15BrN2O2S/c17-14-6-8-15(9-7-14)22(20,21)19-11-10-18-16(19)12-13-4-2-1-3-5-13/h1-9H,10-12H2. The van der Waals surface area contributed by atoms with Gasteiger partial charge in [0.15, 0.2) is 0 Å². The number of rotatable bonds is 4. The summed E-state index contributed by atoms with van der Waals surface area (Å²) in [5.41, 5.74) is 1.05. The molecule has 1 aliphatic rings. The molecule has 4 nitrogen and oxygen atoms in total. The minimum atomic E-state index is -3.54. The zero-order chi connectivity index (χ0) is 15.6. The summed E-state index contributed by atoms with van der Waals surface area (Å²) in [6.45, 7) is 0.915. The Morgan fingerprint density at radius 2 is 1.73 bits per heavy atom. The Morgan fingerprint density at radius 1 is 1.05 bits per heavy atom. The molecule has 0 aromatic heterocycles. The first-order chi connectivity index (χ1) is 10.6. The number of halogens is 1. The zero-order valence-corrected chi connectivity index (χ0v) is 14.2. The highest BCUT2D eigenvalue weighted by Crippen LogP contribution is 2.22. The van der Waals surface area contributed by atoms with Crippen LogP contribution in [0.4, 0.5) is 0 Å². The van der Waals surface area contributed by atoms with Crippen molar-refractivity contribution in [2.45, 2.75) is 11.3 Å². The average Bonchev–Trinajstić information content (AvgIpc) is 2.98. The molecule has 0 spiro atoms. The van der Waals surface area contributed by atoms with Crippen molar-refractivity contribution in [2.24, 2.45) is 4.99 Å². The van der Waals surface area contributed by atoms with E-state index < -0.39 is 10.0 Å². The predicted octanol–water partition coefficient (Wildman–Crippen LogP) is 3.09. The first kappa shape index (κ1) is 15.2. The second kappa shape index (κ2) is 6.22. The molecule has 0 unspecified atom stereocenters. The fourth-order valence-electron chi connectivity index (χ4n) is 2.39. The molecule has 1 aliphatic heterocycles. The number of hydrogen-bond donors (Lipinski definition) is 0. The molecule has 0 saturated heterocycles. The molecule has 2 aromatic carbocycles. The van der Waals surface area contributed by atoms with E-state index in [1.165, 1.54) is 4.31 Å². The third-order valence-corrected chi connectivity index (χ3v) is 5.86. The van der Waals surface area contributed by atoms with Crippen LogP contribution in [0, 0.1) is 0 Å². The van der Waals surface area contributed by atoms with Crippen LogP contribution in [0.2, 0.25) is 0 Å². The number of aliphatic imine (C=N–C) groups is 1. The maximum atomic E-state index is 12.8. The third-order valence-electron chi connectivity index (χ3n) is 3.49. The summed E-state index contributed by atoms with van der Waals surface area (Å²) in [4.78, 5) is 4.67. The number of amidine groups is 1. The molecule has 2 aromatic rings. The van der Waals surface area contributed by atoms with Gasteiger partial charge in [-0.25, -0.2) is 8.42 Å². The Kier molecular flexibility index (Phi) is 4.31.